The van der Waals surface area contributed by atoms with E-state index in [4.69, 9.17) is 5.11 Å². The van der Waals surface area contributed by atoms with Gasteiger partial charge in [-0.3, -0.25) is 9.59 Å². The normalized spacial score (nSPS) is 23.9. The maximum Gasteiger partial charge on any atom is 0.318 e. The molecule has 7 nitrogen and oxygen atoms in total. The van der Waals surface area contributed by atoms with Crippen LogP contribution >= 0.6 is 0 Å². The van der Waals surface area contributed by atoms with E-state index in [-0.39, 0.29) is 18.5 Å². The average Bonchev–Trinajstić information content (AvgIpc) is 3.14. The fourth-order valence-electron chi connectivity index (χ4n) is 2.53. The van der Waals surface area contributed by atoms with Crippen LogP contribution in [0.15, 0.2) is 0 Å². The van der Waals surface area contributed by atoms with Crippen molar-refractivity contribution >= 4 is 17.9 Å². The topological polar surface area (TPSA) is 98.7 Å². The predicted molar refractivity (Wildman–Crippen MR) is 71.1 cm³/mol. The maximum absolute atomic E-state index is 12.2. The molecule has 3 N–H and O–H groups in total. The van der Waals surface area contributed by atoms with Gasteiger partial charge in [-0.1, -0.05) is 12.8 Å². The lowest BCUT2D eigenvalue weighted by atomic mass is 10.1. The van der Waals surface area contributed by atoms with Gasteiger partial charge in [-0.2, -0.15) is 0 Å². The molecule has 0 aromatic rings. The number of amides is 3. The van der Waals surface area contributed by atoms with Crippen LogP contribution < -0.4 is 10.6 Å². The van der Waals surface area contributed by atoms with Gasteiger partial charge in [-0.15, -0.1) is 0 Å². The van der Waals surface area contributed by atoms with Crippen LogP contribution in [-0.2, 0) is 9.59 Å². The third-order valence-corrected chi connectivity index (χ3v) is 3.71. The van der Waals surface area contributed by atoms with E-state index in [1.54, 1.807) is 0 Å². The molecule has 112 valence electrons. The van der Waals surface area contributed by atoms with Crippen LogP contribution in [0.5, 0.6) is 0 Å². The zero-order valence-corrected chi connectivity index (χ0v) is 11.6. The first-order valence-corrected chi connectivity index (χ1v) is 7.04. The number of urea groups is 1. The SMILES string of the molecule is CC(CC1CC1)NC(=O)N1CCNC(=O)C1CC(=O)O. The first kappa shape index (κ1) is 14.6. The van der Waals surface area contributed by atoms with Crippen molar-refractivity contribution in [2.45, 2.75) is 44.7 Å². The smallest absolute Gasteiger partial charge is 0.318 e. The standard InChI is InChI=1S/C13H21N3O4/c1-8(6-9-2-3-9)15-13(20)16-5-4-14-12(19)10(16)7-11(17)18/h8-10H,2-7H2,1H3,(H,14,19)(H,15,20)(H,17,18). The van der Waals surface area contributed by atoms with Crippen LogP contribution in [0.25, 0.3) is 0 Å². The van der Waals surface area contributed by atoms with Crippen molar-refractivity contribution in [3.05, 3.63) is 0 Å². The number of nitrogens with zero attached hydrogens (tertiary/aromatic N) is 1. The molecule has 0 aromatic heterocycles. The first-order chi connectivity index (χ1) is 9.47. The van der Waals surface area contributed by atoms with Crippen LogP contribution in [0.3, 0.4) is 0 Å². The Morgan fingerprint density at radius 2 is 2.20 bits per heavy atom. The predicted octanol–water partition coefficient (Wildman–Crippen LogP) is 0.160. The number of nitrogens with one attached hydrogen (secondary N) is 2. The Hall–Kier alpha value is -1.79. The maximum atomic E-state index is 12.2. The van der Waals surface area contributed by atoms with E-state index < -0.39 is 17.9 Å². The van der Waals surface area contributed by atoms with Crippen LogP contribution in [0.1, 0.15) is 32.6 Å². The van der Waals surface area contributed by atoms with Gasteiger partial charge in [0, 0.05) is 19.1 Å². The molecule has 1 aliphatic heterocycles. The molecule has 3 amide bonds. The van der Waals surface area contributed by atoms with E-state index in [0.29, 0.717) is 19.0 Å². The van der Waals surface area contributed by atoms with Gasteiger partial charge < -0.3 is 20.6 Å². The van der Waals surface area contributed by atoms with Crippen molar-refractivity contribution in [2.75, 3.05) is 13.1 Å². The number of rotatable bonds is 5. The zero-order valence-electron chi connectivity index (χ0n) is 11.6. The molecule has 0 spiro atoms. The van der Waals surface area contributed by atoms with E-state index in [9.17, 15) is 14.4 Å². The molecule has 2 aliphatic rings. The highest BCUT2D eigenvalue weighted by molar-refractivity contribution is 5.91. The number of hydrogen-bond donors (Lipinski definition) is 3. The number of piperazine rings is 1. The van der Waals surface area contributed by atoms with Crippen molar-refractivity contribution in [3.63, 3.8) is 0 Å². The Labute approximate surface area is 117 Å². The molecule has 1 aliphatic carbocycles. The molecule has 1 saturated heterocycles. The van der Waals surface area contributed by atoms with Gasteiger partial charge in [-0.05, 0) is 19.3 Å². The molecule has 2 unspecified atom stereocenters. The van der Waals surface area contributed by atoms with Gasteiger partial charge in [-0.25, -0.2) is 4.79 Å². The zero-order chi connectivity index (χ0) is 14.7. The Bertz CT molecular complexity index is 408. The summed E-state index contributed by atoms with van der Waals surface area (Å²) in [5, 5.41) is 14.3. The minimum Gasteiger partial charge on any atom is -0.481 e. The highest BCUT2D eigenvalue weighted by Gasteiger charge is 2.35. The third-order valence-electron chi connectivity index (χ3n) is 3.71. The molecule has 0 radical (unpaired) electrons. The number of carbonyl (C=O) groups is 3. The van der Waals surface area contributed by atoms with E-state index in [2.05, 4.69) is 10.6 Å². The van der Waals surface area contributed by atoms with Crippen molar-refractivity contribution in [1.82, 2.24) is 15.5 Å². The van der Waals surface area contributed by atoms with Gasteiger partial charge >= 0.3 is 12.0 Å². The van der Waals surface area contributed by atoms with E-state index in [0.717, 1.165) is 6.42 Å². The van der Waals surface area contributed by atoms with E-state index in [1.165, 1.54) is 17.7 Å². The molecule has 20 heavy (non-hydrogen) atoms. The molecule has 2 atom stereocenters. The number of carboxylic acid groups (broad SMARTS) is 1. The van der Waals surface area contributed by atoms with Crippen molar-refractivity contribution in [3.8, 4) is 0 Å². The summed E-state index contributed by atoms with van der Waals surface area (Å²) in [5.41, 5.74) is 0. The highest BCUT2D eigenvalue weighted by Crippen LogP contribution is 2.33. The van der Waals surface area contributed by atoms with Crippen LogP contribution in [0, 0.1) is 5.92 Å². The van der Waals surface area contributed by atoms with Crippen molar-refractivity contribution < 1.29 is 19.5 Å². The Morgan fingerprint density at radius 3 is 2.80 bits per heavy atom. The minimum absolute atomic E-state index is 0.0467. The first-order valence-electron chi connectivity index (χ1n) is 7.04. The minimum atomic E-state index is -1.09. The summed E-state index contributed by atoms with van der Waals surface area (Å²) >= 11 is 0. The molecule has 7 heteroatoms. The fraction of sp³-hybridized carbons (Fsp3) is 0.769. The average molecular weight is 283 g/mol. The molecule has 0 bridgehead atoms. The Balaban J connectivity index is 1.93. The molecule has 2 rings (SSSR count). The van der Waals surface area contributed by atoms with E-state index in [1.807, 2.05) is 6.92 Å². The Kier molecular flexibility index (Phi) is 4.46. The van der Waals surface area contributed by atoms with Crippen LogP contribution in [0.4, 0.5) is 4.79 Å². The second-order valence-corrected chi connectivity index (χ2v) is 5.63. The number of hydrogen-bond acceptors (Lipinski definition) is 3. The lowest BCUT2D eigenvalue weighted by Gasteiger charge is -2.35. The number of carboxylic acids is 1. The van der Waals surface area contributed by atoms with Gasteiger partial charge in [0.25, 0.3) is 0 Å². The van der Waals surface area contributed by atoms with Gasteiger partial charge in [0.05, 0.1) is 6.42 Å². The van der Waals surface area contributed by atoms with E-state index >= 15 is 0 Å². The second kappa shape index (κ2) is 6.11. The fourth-order valence-corrected chi connectivity index (χ4v) is 2.53. The number of carbonyl (C=O) groups excluding carboxylic acids is 2. The summed E-state index contributed by atoms with van der Waals surface area (Å²) in [5.74, 6) is -0.788. The summed E-state index contributed by atoms with van der Waals surface area (Å²) in [4.78, 5) is 36.1. The molecule has 2 fully saturated rings. The lowest BCUT2D eigenvalue weighted by Crippen LogP contribution is -2.60. The summed E-state index contributed by atoms with van der Waals surface area (Å²) in [6, 6.07) is -1.22. The Morgan fingerprint density at radius 1 is 1.50 bits per heavy atom. The van der Waals surface area contributed by atoms with Gasteiger partial charge in [0.2, 0.25) is 5.91 Å². The lowest BCUT2D eigenvalue weighted by molar-refractivity contribution is -0.142. The molecular weight excluding hydrogens is 262 g/mol. The van der Waals surface area contributed by atoms with Gasteiger partial charge in [0.1, 0.15) is 6.04 Å². The monoisotopic (exact) mass is 283 g/mol. The summed E-state index contributed by atoms with van der Waals surface area (Å²) in [7, 11) is 0. The van der Waals surface area contributed by atoms with Crippen LogP contribution in [-0.4, -0.2) is 53.1 Å². The summed E-state index contributed by atoms with van der Waals surface area (Å²) in [6.07, 6.45) is 3.01. The van der Waals surface area contributed by atoms with Gasteiger partial charge in [0.15, 0.2) is 0 Å². The van der Waals surface area contributed by atoms with Crippen LogP contribution in [0.2, 0.25) is 0 Å². The third kappa shape index (κ3) is 3.85. The second-order valence-electron chi connectivity index (χ2n) is 5.63. The summed E-state index contributed by atoms with van der Waals surface area (Å²) in [6.45, 7) is 2.64. The summed E-state index contributed by atoms with van der Waals surface area (Å²) < 4.78 is 0. The van der Waals surface area contributed by atoms with Crippen molar-refractivity contribution in [1.29, 1.82) is 0 Å². The molecular formula is C13H21N3O4. The highest BCUT2D eigenvalue weighted by atomic mass is 16.4. The molecule has 1 saturated carbocycles. The largest absolute Gasteiger partial charge is 0.481 e. The number of aliphatic carboxylic acids is 1. The van der Waals surface area contributed by atoms with Crippen molar-refractivity contribution in [2.24, 2.45) is 5.92 Å². The quantitative estimate of drug-likeness (QED) is 0.669. The molecule has 1 heterocycles. The molecule has 0 aromatic carbocycles.